The molecule has 0 amide bonds. The molecule has 0 aromatic carbocycles. The van der Waals surface area contributed by atoms with Crippen LogP contribution in [0, 0.1) is 56.7 Å². The van der Waals surface area contributed by atoms with E-state index in [4.69, 9.17) is 0 Å². The Balaban J connectivity index is 1.46. The van der Waals surface area contributed by atoms with E-state index in [1.165, 1.54) is 0 Å². The van der Waals surface area contributed by atoms with Crippen molar-refractivity contribution in [1.29, 1.82) is 5.26 Å². The Morgan fingerprint density at radius 3 is 2.29 bits per heavy atom. The average Bonchev–Trinajstić information content (AvgIpc) is 2.85. The van der Waals surface area contributed by atoms with Crippen LogP contribution in [0.5, 0.6) is 0 Å². The first-order valence-electron chi connectivity index (χ1n) is 16.2. The molecule has 6 heteroatoms. The van der Waals surface area contributed by atoms with Crippen LogP contribution in [0.2, 0.25) is 0 Å². The maximum absolute atomic E-state index is 15.1. The van der Waals surface area contributed by atoms with Gasteiger partial charge in [0.15, 0.2) is 11.6 Å². The second-order valence-electron chi connectivity index (χ2n) is 16.6. The van der Waals surface area contributed by atoms with Crippen molar-refractivity contribution < 1.29 is 18.4 Å². The summed E-state index contributed by atoms with van der Waals surface area (Å²) >= 11 is 0. The molecule has 0 heterocycles. The summed E-state index contributed by atoms with van der Waals surface area (Å²) in [5.41, 5.74) is 0.284. The summed E-state index contributed by atoms with van der Waals surface area (Å²) in [6, 6.07) is 2.17. The number of ketones is 2. The van der Waals surface area contributed by atoms with Crippen molar-refractivity contribution in [2.24, 2.45) is 45.3 Å². The first-order valence-corrected chi connectivity index (χ1v) is 16.2. The summed E-state index contributed by atoms with van der Waals surface area (Å²) in [4.78, 5) is 27.7. The molecule has 0 radical (unpaired) electrons. The van der Waals surface area contributed by atoms with E-state index in [0.29, 0.717) is 0 Å². The van der Waals surface area contributed by atoms with Crippen LogP contribution >= 0.6 is 0 Å². The van der Waals surface area contributed by atoms with Gasteiger partial charge in [0, 0.05) is 29.2 Å². The highest BCUT2D eigenvalue weighted by atomic mass is 19.3. The third-order valence-electron chi connectivity index (χ3n) is 13.2. The van der Waals surface area contributed by atoms with E-state index in [9.17, 15) is 14.9 Å². The number of halogens is 2. The van der Waals surface area contributed by atoms with Gasteiger partial charge in [-0.3, -0.25) is 9.59 Å². The molecule has 7 atom stereocenters. The fourth-order valence-electron chi connectivity index (χ4n) is 10.9. The maximum atomic E-state index is 15.1. The summed E-state index contributed by atoms with van der Waals surface area (Å²) in [5, 5.41) is 13.5. The van der Waals surface area contributed by atoms with E-state index in [2.05, 4.69) is 39.1 Å². The lowest BCUT2D eigenvalue weighted by atomic mass is 9.39. The number of hydrogen-bond acceptors (Lipinski definition) is 4. The molecular formula is C36H48F2N2O2. The Bertz CT molecular complexity index is 1370. The number of rotatable bonds is 3. The van der Waals surface area contributed by atoms with Crippen molar-refractivity contribution >= 4 is 11.6 Å². The molecule has 0 bridgehead atoms. The van der Waals surface area contributed by atoms with Gasteiger partial charge in [-0.05, 0) is 104 Å². The fourth-order valence-corrected chi connectivity index (χ4v) is 10.9. The molecule has 4 nitrogen and oxygen atoms in total. The Kier molecular flexibility index (Phi) is 6.46. The zero-order chi connectivity index (χ0) is 30.7. The van der Waals surface area contributed by atoms with Crippen molar-refractivity contribution in [1.82, 2.24) is 5.32 Å². The summed E-state index contributed by atoms with van der Waals surface area (Å²) in [7, 11) is 0. The minimum atomic E-state index is -2.93. The van der Waals surface area contributed by atoms with Gasteiger partial charge in [-0.2, -0.15) is 5.26 Å². The average molecular weight is 579 g/mol. The second-order valence-corrected chi connectivity index (χ2v) is 16.6. The monoisotopic (exact) mass is 578 g/mol. The highest BCUT2D eigenvalue weighted by Crippen LogP contribution is 2.69. The van der Waals surface area contributed by atoms with Gasteiger partial charge in [0.1, 0.15) is 6.07 Å². The van der Waals surface area contributed by atoms with Gasteiger partial charge in [-0.1, -0.05) is 53.2 Å². The minimum absolute atomic E-state index is 0.0136. The highest BCUT2D eigenvalue weighted by molar-refractivity contribution is 6.04. The number of hydrogen-bond donors (Lipinski definition) is 1. The van der Waals surface area contributed by atoms with Crippen molar-refractivity contribution in [2.45, 2.75) is 124 Å². The number of nitrogens with zero attached hydrogens (tertiary/aromatic N) is 1. The number of alkyl halides is 2. The summed E-state index contributed by atoms with van der Waals surface area (Å²) in [6.07, 6.45) is 12.1. The predicted molar refractivity (Wildman–Crippen MR) is 159 cm³/mol. The number of nitrogens with one attached hydrogen (secondary N) is 1. The van der Waals surface area contributed by atoms with Gasteiger partial charge in [0.25, 0.3) is 5.92 Å². The van der Waals surface area contributed by atoms with Crippen LogP contribution in [0.1, 0.15) is 113 Å². The molecule has 228 valence electrons. The third-order valence-corrected chi connectivity index (χ3v) is 13.2. The lowest BCUT2D eigenvalue weighted by molar-refractivity contribution is -0.142. The van der Waals surface area contributed by atoms with Crippen molar-refractivity contribution in [3.63, 3.8) is 0 Å². The molecule has 4 fully saturated rings. The van der Waals surface area contributed by atoms with Crippen LogP contribution < -0.4 is 5.32 Å². The van der Waals surface area contributed by atoms with Gasteiger partial charge in [-0.25, -0.2) is 8.78 Å². The van der Waals surface area contributed by atoms with Gasteiger partial charge < -0.3 is 5.32 Å². The molecule has 0 aromatic heterocycles. The Hall–Kier alpha value is -2.29. The van der Waals surface area contributed by atoms with Crippen molar-refractivity contribution in [3.05, 3.63) is 34.6 Å². The topological polar surface area (TPSA) is 70.0 Å². The molecule has 0 aliphatic heterocycles. The van der Waals surface area contributed by atoms with Crippen LogP contribution in [0.15, 0.2) is 34.6 Å². The largest absolute Gasteiger partial charge is 0.378 e. The molecule has 0 spiro atoms. The molecule has 42 heavy (non-hydrogen) atoms. The van der Waals surface area contributed by atoms with Gasteiger partial charge in [0.2, 0.25) is 0 Å². The van der Waals surface area contributed by atoms with Crippen LogP contribution in [-0.4, -0.2) is 23.0 Å². The van der Waals surface area contributed by atoms with Gasteiger partial charge in [0.05, 0.1) is 11.3 Å². The van der Waals surface area contributed by atoms with E-state index < -0.39 is 22.3 Å². The molecular weight excluding hydrogens is 530 g/mol. The second kappa shape index (κ2) is 9.12. The summed E-state index contributed by atoms with van der Waals surface area (Å²) in [6.45, 7) is 13.9. The van der Waals surface area contributed by atoms with Gasteiger partial charge >= 0.3 is 0 Å². The predicted octanol–water partition coefficient (Wildman–Crippen LogP) is 8.25. The zero-order valence-electron chi connectivity index (χ0n) is 26.6. The lowest BCUT2D eigenvalue weighted by Gasteiger charge is -2.65. The standard InChI is InChI=1S/C36H48F2N2O2/c1-31(2)15-16-36(40-29(35(7,37)38)21-9-8-10-21)14-11-23-28(24(36)19-31)25(41)17-27-33(23,5)13-12-26-32(3,4)30(42)22(20-39)18-34(26,27)6/h17-18,23-24,26,28,40H,8-16,19H2,1-7H3. The van der Waals surface area contributed by atoms with E-state index >= 15 is 8.78 Å². The highest BCUT2D eigenvalue weighted by Gasteiger charge is 2.66. The molecule has 4 saturated carbocycles. The Morgan fingerprint density at radius 2 is 1.69 bits per heavy atom. The maximum Gasteiger partial charge on any atom is 0.284 e. The molecule has 6 rings (SSSR count). The smallest absolute Gasteiger partial charge is 0.284 e. The molecule has 7 unspecified atom stereocenters. The van der Waals surface area contributed by atoms with E-state index in [1.54, 1.807) is 0 Å². The quantitative estimate of drug-likeness (QED) is 0.366. The van der Waals surface area contributed by atoms with Crippen molar-refractivity contribution in [2.75, 3.05) is 0 Å². The van der Waals surface area contributed by atoms with Crippen molar-refractivity contribution in [3.8, 4) is 6.07 Å². The first kappa shape index (κ1) is 29.8. The van der Waals surface area contributed by atoms with E-state index in [1.807, 2.05) is 26.0 Å². The Labute approximate surface area is 250 Å². The number of carbonyl (C=O) groups is 2. The third kappa shape index (κ3) is 4.07. The molecule has 6 aliphatic carbocycles. The number of allylic oxidation sites excluding steroid dienone is 6. The molecule has 6 aliphatic rings. The first-order chi connectivity index (χ1) is 19.4. The Morgan fingerprint density at radius 1 is 1.00 bits per heavy atom. The van der Waals surface area contributed by atoms with Crippen LogP contribution in [0.3, 0.4) is 0 Å². The van der Waals surface area contributed by atoms with Crippen LogP contribution in [0.4, 0.5) is 8.78 Å². The van der Waals surface area contributed by atoms with Crippen LogP contribution in [-0.2, 0) is 9.59 Å². The normalized spacial score (nSPS) is 42.0. The number of carbonyl (C=O) groups excluding carboxylic acids is 2. The zero-order valence-corrected chi connectivity index (χ0v) is 26.6. The van der Waals surface area contributed by atoms with Crippen LogP contribution in [0.25, 0.3) is 0 Å². The summed E-state index contributed by atoms with van der Waals surface area (Å²) in [5.74, 6) is -3.05. The minimum Gasteiger partial charge on any atom is -0.378 e. The molecule has 0 aromatic rings. The number of nitriles is 1. The fraction of sp³-hybridized carbons (Fsp3) is 0.750. The SMILES string of the molecule is CC1(C)CCC2(NC(=C3CCC3)C(C)(F)F)CCC3C(C(=O)C=C4C5(C)C=C(C#N)C(=O)C(C)(C)C5CCC43C)C2C1. The number of Topliss-reactive ketones (excluding diaryl/α,β-unsaturated/α-hetero) is 1. The summed E-state index contributed by atoms with van der Waals surface area (Å²) < 4.78 is 30.2. The van der Waals surface area contributed by atoms with E-state index in [-0.39, 0.29) is 57.3 Å². The molecule has 0 saturated heterocycles. The number of fused-ring (bicyclic) bond motifs is 7. The lowest BCUT2D eigenvalue weighted by Crippen LogP contribution is -2.66. The van der Waals surface area contributed by atoms with Gasteiger partial charge in [-0.15, -0.1) is 0 Å². The molecule has 1 N–H and O–H groups in total. The van der Waals surface area contributed by atoms with E-state index in [0.717, 1.165) is 82.3 Å².